The van der Waals surface area contributed by atoms with Gasteiger partial charge in [-0.1, -0.05) is 19.9 Å². The van der Waals surface area contributed by atoms with Gasteiger partial charge in [0.25, 0.3) is 0 Å². The molecular weight excluding hydrogens is 212 g/mol. The molecule has 0 amide bonds. The smallest absolute Gasteiger partial charge is 0.0673 e. The third-order valence-corrected chi connectivity index (χ3v) is 3.37. The minimum absolute atomic E-state index is 0.646. The van der Waals surface area contributed by atoms with Crippen LogP contribution in [-0.2, 0) is 4.74 Å². The maximum Gasteiger partial charge on any atom is 0.0673 e. The Balaban J connectivity index is 2.33. The summed E-state index contributed by atoms with van der Waals surface area (Å²) in [5, 5.41) is 0. The summed E-state index contributed by atoms with van der Waals surface area (Å²) >= 11 is 0. The van der Waals surface area contributed by atoms with Gasteiger partial charge in [0.2, 0.25) is 0 Å². The van der Waals surface area contributed by atoms with Crippen molar-refractivity contribution in [1.82, 2.24) is 4.90 Å². The van der Waals surface area contributed by atoms with Gasteiger partial charge in [0.15, 0.2) is 0 Å². The van der Waals surface area contributed by atoms with Crippen LogP contribution in [0.5, 0.6) is 0 Å². The van der Waals surface area contributed by atoms with Gasteiger partial charge in [-0.25, -0.2) is 0 Å². The third-order valence-electron chi connectivity index (χ3n) is 3.37. The number of ether oxygens (including phenoxy) is 1. The monoisotopic (exact) mass is 240 g/mol. The molecule has 0 spiro atoms. The normalized spacial score (nSPS) is 19.5. The quantitative estimate of drug-likeness (QED) is 0.691. The van der Waals surface area contributed by atoms with Crippen LogP contribution in [0.25, 0.3) is 0 Å². The molecule has 100 valence electrons. The summed E-state index contributed by atoms with van der Waals surface area (Å²) < 4.78 is 5.16. The second-order valence-electron chi connectivity index (χ2n) is 5.54. The van der Waals surface area contributed by atoms with Gasteiger partial charge in [0.1, 0.15) is 0 Å². The van der Waals surface area contributed by atoms with E-state index in [0.717, 1.165) is 45.1 Å². The molecule has 17 heavy (non-hydrogen) atoms. The Morgan fingerprint density at radius 3 is 2.71 bits per heavy atom. The maximum absolute atomic E-state index is 5.85. The van der Waals surface area contributed by atoms with Crippen molar-refractivity contribution in [2.45, 2.75) is 26.7 Å². The van der Waals surface area contributed by atoms with Crippen molar-refractivity contribution in [2.75, 3.05) is 39.9 Å². The Kier molecular flexibility index (Phi) is 6.78. The zero-order chi connectivity index (χ0) is 12.7. The SMILES string of the molecule is COCC1=CCN(CC(CN)CC(C)C)CC1. The van der Waals surface area contributed by atoms with Crippen LogP contribution >= 0.6 is 0 Å². The molecule has 1 rings (SSSR count). The van der Waals surface area contributed by atoms with E-state index in [4.69, 9.17) is 10.5 Å². The van der Waals surface area contributed by atoms with Crippen LogP contribution in [0.3, 0.4) is 0 Å². The highest BCUT2D eigenvalue weighted by Crippen LogP contribution is 2.16. The van der Waals surface area contributed by atoms with Crippen LogP contribution in [0.2, 0.25) is 0 Å². The van der Waals surface area contributed by atoms with Gasteiger partial charge in [0.05, 0.1) is 6.61 Å². The highest BCUT2D eigenvalue weighted by atomic mass is 16.5. The highest BCUT2D eigenvalue weighted by molar-refractivity contribution is 5.07. The Morgan fingerprint density at radius 2 is 2.24 bits per heavy atom. The molecular formula is C14H28N2O. The van der Waals surface area contributed by atoms with E-state index in [2.05, 4.69) is 24.8 Å². The molecule has 0 aliphatic carbocycles. The molecule has 2 N–H and O–H groups in total. The Bertz CT molecular complexity index is 238. The second kappa shape index (κ2) is 7.85. The summed E-state index contributed by atoms with van der Waals surface area (Å²) in [6.07, 6.45) is 4.70. The molecule has 1 aliphatic heterocycles. The van der Waals surface area contributed by atoms with E-state index in [1.165, 1.54) is 12.0 Å². The van der Waals surface area contributed by atoms with Crippen molar-refractivity contribution in [1.29, 1.82) is 0 Å². The molecule has 0 aromatic heterocycles. The van der Waals surface area contributed by atoms with Gasteiger partial charge in [-0.15, -0.1) is 0 Å². The van der Waals surface area contributed by atoms with Gasteiger partial charge in [-0.2, -0.15) is 0 Å². The summed E-state index contributed by atoms with van der Waals surface area (Å²) in [5.74, 6) is 1.39. The van der Waals surface area contributed by atoms with E-state index in [1.54, 1.807) is 7.11 Å². The lowest BCUT2D eigenvalue weighted by molar-refractivity contribution is 0.200. The number of methoxy groups -OCH3 is 1. The average Bonchev–Trinajstić information content (AvgIpc) is 2.30. The molecule has 0 saturated heterocycles. The van der Waals surface area contributed by atoms with Crippen molar-refractivity contribution >= 4 is 0 Å². The van der Waals surface area contributed by atoms with Crippen molar-refractivity contribution in [3.63, 3.8) is 0 Å². The Hall–Kier alpha value is -0.380. The molecule has 0 aromatic rings. The van der Waals surface area contributed by atoms with Gasteiger partial charge in [0, 0.05) is 26.7 Å². The molecule has 0 fully saturated rings. The van der Waals surface area contributed by atoms with Gasteiger partial charge in [-0.3, -0.25) is 4.90 Å². The van der Waals surface area contributed by atoms with Crippen LogP contribution in [0.4, 0.5) is 0 Å². The lowest BCUT2D eigenvalue weighted by atomic mass is 9.96. The first-order chi connectivity index (χ1) is 8.15. The third kappa shape index (κ3) is 5.66. The topological polar surface area (TPSA) is 38.5 Å². The highest BCUT2D eigenvalue weighted by Gasteiger charge is 2.16. The summed E-state index contributed by atoms with van der Waals surface area (Å²) in [7, 11) is 1.76. The number of nitrogens with two attached hydrogens (primary N) is 1. The van der Waals surface area contributed by atoms with E-state index < -0.39 is 0 Å². The summed E-state index contributed by atoms with van der Waals surface area (Å²) in [6, 6.07) is 0. The largest absolute Gasteiger partial charge is 0.380 e. The minimum Gasteiger partial charge on any atom is -0.380 e. The fraction of sp³-hybridized carbons (Fsp3) is 0.857. The first-order valence-corrected chi connectivity index (χ1v) is 6.75. The van der Waals surface area contributed by atoms with Crippen LogP contribution in [0.1, 0.15) is 26.7 Å². The summed E-state index contributed by atoms with van der Waals surface area (Å²) in [6.45, 7) is 9.51. The molecule has 0 bridgehead atoms. The Morgan fingerprint density at radius 1 is 1.47 bits per heavy atom. The van der Waals surface area contributed by atoms with E-state index in [0.29, 0.717) is 5.92 Å². The fourth-order valence-electron chi connectivity index (χ4n) is 2.51. The summed E-state index contributed by atoms with van der Waals surface area (Å²) in [5.41, 5.74) is 7.29. The zero-order valence-corrected chi connectivity index (χ0v) is 11.6. The number of rotatable bonds is 7. The van der Waals surface area contributed by atoms with Crippen molar-refractivity contribution < 1.29 is 4.74 Å². The minimum atomic E-state index is 0.646. The lowest BCUT2D eigenvalue weighted by Crippen LogP contribution is -2.36. The lowest BCUT2D eigenvalue weighted by Gasteiger charge is -2.30. The molecule has 1 heterocycles. The number of hydrogen-bond acceptors (Lipinski definition) is 3. The molecule has 3 nitrogen and oxygen atoms in total. The van der Waals surface area contributed by atoms with E-state index in [9.17, 15) is 0 Å². The van der Waals surface area contributed by atoms with Gasteiger partial charge >= 0.3 is 0 Å². The molecule has 0 aromatic carbocycles. The molecule has 0 saturated carbocycles. The molecule has 1 aliphatic rings. The predicted octanol–water partition coefficient (Wildman–Crippen LogP) is 1.89. The molecule has 1 atom stereocenters. The van der Waals surface area contributed by atoms with Crippen LogP contribution in [-0.4, -0.2) is 44.8 Å². The van der Waals surface area contributed by atoms with Crippen molar-refractivity contribution in [3.8, 4) is 0 Å². The molecule has 1 unspecified atom stereocenters. The van der Waals surface area contributed by atoms with Crippen LogP contribution in [0.15, 0.2) is 11.6 Å². The second-order valence-corrected chi connectivity index (χ2v) is 5.54. The van der Waals surface area contributed by atoms with Gasteiger partial charge in [-0.05, 0) is 36.8 Å². The van der Waals surface area contributed by atoms with Crippen molar-refractivity contribution in [3.05, 3.63) is 11.6 Å². The summed E-state index contributed by atoms with van der Waals surface area (Å²) in [4.78, 5) is 2.51. The van der Waals surface area contributed by atoms with Crippen molar-refractivity contribution in [2.24, 2.45) is 17.6 Å². The average molecular weight is 240 g/mol. The fourth-order valence-corrected chi connectivity index (χ4v) is 2.51. The number of nitrogens with zero attached hydrogens (tertiary/aromatic N) is 1. The van der Waals surface area contributed by atoms with E-state index >= 15 is 0 Å². The Labute approximate surface area is 106 Å². The van der Waals surface area contributed by atoms with E-state index in [1.807, 2.05) is 0 Å². The van der Waals surface area contributed by atoms with E-state index in [-0.39, 0.29) is 0 Å². The standard InChI is InChI=1S/C14H28N2O/c1-12(2)8-14(9-15)10-16-6-4-13(5-7-16)11-17-3/h4,12,14H,5-11,15H2,1-3H3. The zero-order valence-electron chi connectivity index (χ0n) is 11.6. The van der Waals surface area contributed by atoms with Gasteiger partial charge < -0.3 is 10.5 Å². The van der Waals surface area contributed by atoms with Crippen LogP contribution in [0, 0.1) is 11.8 Å². The molecule has 0 radical (unpaired) electrons. The predicted molar refractivity (Wildman–Crippen MR) is 73.0 cm³/mol. The molecule has 3 heteroatoms. The van der Waals surface area contributed by atoms with Crippen LogP contribution < -0.4 is 5.73 Å². The first-order valence-electron chi connectivity index (χ1n) is 6.75. The number of hydrogen-bond donors (Lipinski definition) is 1. The first kappa shape index (κ1) is 14.7. The maximum atomic E-state index is 5.85.